The lowest BCUT2D eigenvalue weighted by molar-refractivity contribution is 0.119. The third kappa shape index (κ3) is 7.22. The fourth-order valence-electron chi connectivity index (χ4n) is 1.58. The number of hydrogen-bond acceptors (Lipinski definition) is 8. The molecule has 12 heteroatoms. The fourth-order valence-corrected chi connectivity index (χ4v) is 2.26. The first-order chi connectivity index (χ1) is 11.6. The Balaban J connectivity index is 1.84. The van der Waals surface area contributed by atoms with E-state index in [9.17, 15) is 24.6 Å². The SMILES string of the molecule is O=S(=O)(F)Oc1ccc(OCOc2ccc(OS(=O)(=O)F)cc2)cc1. The van der Waals surface area contributed by atoms with E-state index in [1.165, 1.54) is 48.5 Å². The van der Waals surface area contributed by atoms with Crippen molar-refractivity contribution in [1.82, 2.24) is 0 Å². The third-order valence-corrected chi connectivity index (χ3v) is 3.27. The highest BCUT2D eigenvalue weighted by atomic mass is 32.3. The molecular formula is C13H10F2O8S2. The van der Waals surface area contributed by atoms with Crippen LogP contribution in [0.25, 0.3) is 0 Å². The van der Waals surface area contributed by atoms with Crippen LogP contribution < -0.4 is 17.8 Å². The predicted octanol–water partition coefficient (Wildman–Crippen LogP) is 2.29. The first-order valence-corrected chi connectivity index (χ1v) is 8.96. The number of halogens is 2. The van der Waals surface area contributed by atoms with E-state index in [1.54, 1.807) is 0 Å². The zero-order chi connectivity index (χ0) is 18.5. The van der Waals surface area contributed by atoms with Crippen LogP contribution in [-0.4, -0.2) is 23.6 Å². The topological polar surface area (TPSA) is 105 Å². The zero-order valence-electron chi connectivity index (χ0n) is 12.2. The summed E-state index contributed by atoms with van der Waals surface area (Å²) < 4.78 is 84.3. The Hall–Kier alpha value is -2.60. The van der Waals surface area contributed by atoms with E-state index in [0.29, 0.717) is 0 Å². The van der Waals surface area contributed by atoms with E-state index in [1.807, 2.05) is 0 Å². The summed E-state index contributed by atoms with van der Waals surface area (Å²) in [6.07, 6.45) is 0. The molecule has 0 aliphatic heterocycles. The molecule has 2 aromatic rings. The largest absolute Gasteiger partial charge is 0.488 e. The second kappa shape index (κ2) is 7.53. The molecule has 136 valence electrons. The lowest BCUT2D eigenvalue weighted by atomic mass is 10.3. The maximum absolute atomic E-state index is 12.3. The van der Waals surface area contributed by atoms with Crippen LogP contribution >= 0.6 is 0 Å². The Kier molecular flexibility index (Phi) is 5.64. The lowest BCUT2D eigenvalue weighted by Crippen LogP contribution is -2.06. The Labute approximate surface area is 142 Å². The van der Waals surface area contributed by atoms with Gasteiger partial charge in [-0.15, -0.1) is 0 Å². The van der Waals surface area contributed by atoms with Crippen LogP contribution in [0, 0.1) is 0 Å². The van der Waals surface area contributed by atoms with Crippen molar-refractivity contribution < 1.29 is 42.4 Å². The van der Waals surface area contributed by atoms with Gasteiger partial charge in [0.1, 0.15) is 23.0 Å². The first kappa shape index (κ1) is 18.7. The summed E-state index contributed by atoms with van der Waals surface area (Å²) >= 11 is 0. The summed E-state index contributed by atoms with van der Waals surface area (Å²) in [6.45, 7) is -0.247. The monoisotopic (exact) mass is 396 g/mol. The second-order valence-corrected chi connectivity index (χ2v) is 6.21. The molecule has 2 aromatic carbocycles. The van der Waals surface area contributed by atoms with Crippen LogP contribution in [0.4, 0.5) is 7.77 Å². The first-order valence-electron chi connectivity index (χ1n) is 6.35. The Bertz CT molecular complexity index is 832. The van der Waals surface area contributed by atoms with Gasteiger partial charge in [0, 0.05) is 0 Å². The normalized spacial score (nSPS) is 11.6. The van der Waals surface area contributed by atoms with Crippen LogP contribution in [0.2, 0.25) is 0 Å². The molecule has 0 unspecified atom stereocenters. The molecule has 0 fully saturated rings. The van der Waals surface area contributed by atoms with Crippen molar-refractivity contribution in [2.24, 2.45) is 0 Å². The van der Waals surface area contributed by atoms with Crippen LogP contribution in [0.1, 0.15) is 0 Å². The van der Waals surface area contributed by atoms with Crippen LogP contribution in [0.15, 0.2) is 48.5 Å². The minimum atomic E-state index is -5.09. The predicted molar refractivity (Wildman–Crippen MR) is 80.3 cm³/mol. The molecule has 0 heterocycles. The molecule has 0 aliphatic rings. The van der Waals surface area contributed by atoms with E-state index in [4.69, 9.17) is 9.47 Å². The van der Waals surface area contributed by atoms with Gasteiger partial charge in [0.05, 0.1) is 0 Å². The molecule has 0 saturated carbocycles. The van der Waals surface area contributed by atoms with Crippen molar-refractivity contribution in [3.05, 3.63) is 48.5 Å². The molecule has 0 bridgehead atoms. The molecule has 25 heavy (non-hydrogen) atoms. The molecule has 0 aliphatic carbocycles. The Morgan fingerprint density at radius 2 is 0.880 bits per heavy atom. The zero-order valence-corrected chi connectivity index (χ0v) is 13.8. The highest BCUT2D eigenvalue weighted by Gasteiger charge is 2.10. The van der Waals surface area contributed by atoms with Crippen molar-refractivity contribution in [1.29, 1.82) is 0 Å². The van der Waals surface area contributed by atoms with E-state index in [2.05, 4.69) is 8.37 Å². The van der Waals surface area contributed by atoms with Gasteiger partial charge in [0.2, 0.25) is 6.79 Å². The molecule has 0 amide bonds. The molecule has 2 rings (SSSR count). The third-order valence-electron chi connectivity index (χ3n) is 2.49. The summed E-state index contributed by atoms with van der Waals surface area (Å²) in [4.78, 5) is 0. The maximum atomic E-state index is 12.3. The molecule has 0 spiro atoms. The second-order valence-electron chi connectivity index (χ2n) is 4.30. The Morgan fingerprint density at radius 1 is 0.600 bits per heavy atom. The fraction of sp³-hybridized carbons (Fsp3) is 0.0769. The summed E-state index contributed by atoms with van der Waals surface area (Å²) in [5, 5.41) is 0. The van der Waals surface area contributed by atoms with Crippen molar-refractivity contribution in [2.45, 2.75) is 0 Å². The lowest BCUT2D eigenvalue weighted by Gasteiger charge is -2.09. The highest BCUT2D eigenvalue weighted by Crippen LogP contribution is 2.21. The molecular weight excluding hydrogens is 386 g/mol. The highest BCUT2D eigenvalue weighted by molar-refractivity contribution is 7.82. The molecule has 0 aromatic heterocycles. The summed E-state index contributed by atoms with van der Waals surface area (Å²) in [5.41, 5.74) is 0. The average molecular weight is 396 g/mol. The van der Waals surface area contributed by atoms with Crippen molar-refractivity contribution in [3.63, 3.8) is 0 Å². The van der Waals surface area contributed by atoms with E-state index >= 15 is 0 Å². The van der Waals surface area contributed by atoms with E-state index in [-0.39, 0.29) is 29.8 Å². The summed E-state index contributed by atoms with van der Waals surface area (Å²) in [5.74, 6) is 0.113. The van der Waals surface area contributed by atoms with Gasteiger partial charge >= 0.3 is 21.0 Å². The van der Waals surface area contributed by atoms with Gasteiger partial charge in [0.25, 0.3) is 0 Å². The van der Waals surface area contributed by atoms with E-state index < -0.39 is 21.0 Å². The van der Waals surface area contributed by atoms with Crippen molar-refractivity contribution in [3.8, 4) is 23.0 Å². The van der Waals surface area contributed by atoms with Gasteiger partial charge in [-0.3, -0.25) is 0 Å². The minimum Gasteiger partial charge on any atom is -0.457 e. The average Bonchev–Trinajstić information content (AvgIpc) is 2.48. The molecule has 8 nitrogen and oxygen atoms in total. The smallest absolute Gasteiger partial charge is 0.457 e. The molecule has 0 radical (unpaired) electrons. The molecule has 0 N–H and O–H groups in total. The number of ether oxygens (including phenoxy) is 2. The van der Waals surface area contributed by atoms with Gasteiger partial charge in [-0.25, -0.2) is 0 Å². The van der Waals surface area contributed by atoms with Gasteiger partial charge in [0.15, 0.2) is 0 Å². The van der Waals surface area contributed by atoms with Crippen molar-refractivity contribution in [2.75, 3.05) is 6.79 Å². The standard InChI is InChI=1S/C13H10F2O8S2/c14-24(16,17)22-12-5-1-10(2-6-12)20-9-21-11-3-7-13(8-4-11)23-25(15,18)19/h1-8H,9H2. The van der Waals surface area contributed by atoms with E-state index in [0.717, 1.165) is 0 Å². The number of rotatable bonds is 8. The minimum absolute atomic E-state index is 0.228. The quantitative estimate of drug-likeness (QED) is 0.494. The van der Waals surface area contributed by atoms with Crippen molar-refractivity contribution >= 4 is 21.0 Å². The Morgan fingerprint density at radius 3 is 1.16 bits per heavy atom. The van der Waals surface area contributed by atoms with Gasteiger partial charge in [-0.2, -0.15) is 16.8 Å². The van der Waals surface area contributed by atoms with Gasteiger partial charge in [-0.05, 0) is 48.5 Å². The summed E-state index contributed by atoms with van der Waals surface area (Å²) in [6, 6.07) is 10.0. The van der Waals surface area contributed by atoms with Crippen LogP contribution in [0.5, 0.6) is 23.0 Å². The van der Waals surface area contributed by atoms with Crippen LogP contribution in [0.3, 0.4) is 0 Å². The number of benzene rings is 2. The summed E-state index contributed by atoms with van der Waals surface area (Å²) in [7, 11) is -10.2. The molecule has 0 atom stereocenters. The molecule has 0 saturated heterocycles. The maximum Gasteiger partial charge on any atom is 0.488 e. The van der Waals surface area contributed by atoms with Gasteiger partial charge < -0.3 is 17.8 Å². The van der Waals surface area contributed by atoms with Crippen LogP contribution in [-0.2, 0) is 21.0 Å². The van der Waals surface area contributed by atoms with Gasteiger partial charge in [-0.1, -0.05) is 7.77 Å². The number of hydrogen-bond donors (Lipinski definition) is 0.